The number of hydrogen-bond donors (Lipinski definition) is 0. The molecular weight excluding hydrogens is 657 g/mol. The SMILES string of the molecule is COc1cc([C@@H]2c3cc4c(cc3[C@@H](N=C3CC(=O)N(Cc5ccccc5)C3=O)[C@H]3COC(=O)[C@H]23)OCO4)cc(OC)c1O[Si](C)(C)C(C)(C)C. The van der Waals surface area contributed by atoms with Crippen molar-refractivity contribution in [2.45, 2.75) is 63.8 Å². The fraction of sp³-hybridized carbons (Fsp3) is 0.421. The highest BCUT2D eigenvalue weighted by Crippen LogP contribution is 2.57. The van der Waals surface area contributed by atoms with Crippen LogP contribution in [0.4, 0.5) is 0 Å². The van der Waals surface area contributed by atoms with Crippen LogP contribution in [0.3, 0.4) is 0 Å². The molecule has 0 unspecified atom stereocenters. The molecule has 1 aliphatic carbocycles. The summed E-state index contributed by atoms with van der Waals surface area (Å²) in [6, 6.07) is 16.3. The predicted molar refractivity (Wildman–Crippen MR) is 187 cm³/mol. The van der Waals surface area contributed by atoms with Gasteiger partial charge in [-0.05, 0) is 64.7 Å². The number of likely N-dealkylation sites (tertiary alicyclic amines) is 1. The summed E-state index contributed by atoms with van der Waals surface area (Å²) >= 11 is 0. The molecule has 0 bridgehead atoms. The van der Waals surface area contributed by atoms with Crippen LogP contribution in [0.2, 0.25) is 18.1 Å². The zero-order valence-corrected chi connectivity index (χ0v) is 30.4. The fourth-order valence-corrected chi connectivity index (χ4v) is 8.08. The van der Waals surface area contributed by atoms with E-state index in [9.17, 15) is 14.4 Å². The maximum Gasteiger partial charge on any atom is 0.310 e. The number of hydrogen-bond acceptors (Lipinski definition) is 10. The van der Waals surface area contributed by atoms with Gasteiger partial charge in [-0.15, -0.1) is 0 Å². The highest BCUT2D eigenvalue weighted by atomic mass is 28.4. The number of carbonyl (C=O) groups excluding carboxylic acids is 3. The number of rotatable bonds is 8. The van der Waals surface area contributed by atoms with E-state index in [2.05, 4.69) is 33.9 Å². The molecule has 0 radical (unpaired) electrons. The number of carbonyl (C=O) groups is 3. The number of imide groups is 1. The van der Waals surface area contributed by atoms with Crippen molar-refractivity contribution in [2.24, 2.45) is 16.8 Å². The second kappa shape index (κ2) is 12.5. The third-order valence-corrected chi connectivity index (χ3v) is 15.1. The summed E-state index contributed by atoms with van der Waals surface area (Å²) in [6.07, 6.45) is -0.123. The number of amides is 2. The van der Waals surface area contributed by atoms with Gasteiger partial charge >= 0.3 is 5.97 Å². The first kappa shape index (κ1) is 33.6. The monoisotopic (exact) mass is 698 g/mol. The first-order valence-corrected chi connectivity index (χ1v) is 19.7. The van der Waals surface area contributed by atoms with E-state index in [-0.39, 0.29) is 49.0 Å². The molecule has 11 nitrogen and oxygen atoms in total. The molecule has 3 aromatic rings. The molecule has 3 aromatic carbocycles. The second-order valence-corrected chi connectivity index (χ2v) is 19.4. The first-order valence-electron chi connectivity index (χ1n) is 16.8. The van der Waals surface area contributed by atoms with Gasteiger partial charge in [0.25, 0.3) is 14.2 Å². The Labute approximate surface area is 292 Å². The molecule has 0 aromatic heterocycles. The standard InChI is InChI=1S/C38H42N2O9Si/c1-38(2,3)50(6,7)49-35-29(44-4)13-22(14-30(35)45-5)32-23-15-27-28(48-20-47-27)16-24(23)34(25-19-46-37(43)33(25)32)39-26-17-31(41)40(36(26)42)18-21-11-9-8-10-12-21/h8-16,25,32-34H,17-20H2,1-7H3/t25-,32+,33-,34+/m0/s1. The van der Waals surface area contributed by atoms with Gasteiger partial charge < -0.3 is 28.1 Å². The molecule has 2 fully saturated rings. The smallest absolute Gasteiger partial charge is 0.310 e. The summed E-state index contributed by atoms with van der Waals surface area (Å²) in [5.74, 6) is -0.119. The third-order valence-electron chi connectivity index (χ3n) is 10.7. The Morgan fingerprint density at radius 1 is 0.900 bits per heavy atom. The van der Waals surface area contributed by atoms with Crippen molar-refractivity contribution in [1.82, 2.24) is 4.90 Å². The Balaban J connectivity index is 1.34. The highest BCUT2D eigenvalue weighted by Gasteiger charge is 2.53. The van der Waals surface area contributed by atoms with Crippen LogP contribution >= 0.6 is 0 Å². The zero-order chi connectivity index (χ0) is 35.5. The number of cyclic esters (lactones) is 1. The maximum atomic E-state index is 13.7. The van der Waals surface area contributed by atoms with E-state index in [0.29, 0.717) is 28.7 Å². The zero-order valence-electron chi connectivity index (χ0n) is 29.4. The maximum absolute atomic E-state index is 13.7. The highest BCUT2D eigenvalue weighted by molar-refractivity contribution is 6.74. The lowest BCUT2D eigenvalue weighted by atomic mass is 9.65. The predicted octanol–water partition coefficient (Wildman–Crippen LogP) is 6.19. The van der Waals surface area contributed by atoms with Gasteiger partial charge in [-0.25, -0.2) is 0 Å². The molecule has 2 amide bonds. The molecule has 3 heterocycles. The minimum Gasteiger partial charge on any atom is -0.539 e. The minimum absolute atomic E-state index is 0.0551. The number of benzene rings is 3. The minimum atomic E-state index is -2.30. The van der Waals surface area contributed by atoms with Crippen LogP contribution in [0, 0.1) is 11.8 Å². The Hall–Kier alpha value is -4.84. The van der Waals surface area contributed by atoms with Gasteiger partial charge in [0.05, 0.1) is 45.8 Å². The van der Waals surface area contributed by atoms with Crippen molar-refractivity contribution in [3.05, 3.63) is 76.9 Å². The molecule has 0 spiro atoms. The van der Waals surface area contributed by atoms with E-state index >= 15 is 0 Å². The summed E-state index contributed by atoms with van der Waals surface area (Å²) in [5.41, 5.74) is 3.32. The van der Waals surface area contributed by atoms with Gasteiger partial charge in [-0.2, -0.15) is 0 Å². The molecule has 262 valence electrons. The molecule has 50 heavy (non-hydrogen) atoms. The Morgan fingerprint density at radius 3 is 2.16 bits per heavy atom. The van der Waals surface area contributed by atoms with Gasteiger partial charge in [0, 0.05) is 11.8 Å². The van der Waals surface area contributed by atoms with Gasteiger partial charge in [0.15, 0.2) is 28.7 Å². The Bertz CT molecular complexity index is 1880. The number of esters is 1. The molecule has 12 heteroatoms. The van der Waals surface area contributed by atoms with Crippen molar-refractivity contribution in [1.29, 1.82) is 0 Å². The molecule has 7 rings (SSSR count). The lowest BCUT2D eigenvalue weighted by molar-refractivity contribution is -0.142. The summed E-state index contributed by atoms with van der Waals surface area (Å²) in [7, 11) is 0.875. The van der Waals surface area contributed by atoms with Crippen LogP contribution < -0.4 is 23.4 Å². The Kier molecular flexibility index (Phi) is 8.40. The lowest BCUT2D eigenvalue weighted by Crippen LogP contribution is -2.44. The average Bonchev–Trinajstić information content (AvgIpc) is 3.77. The number of nitrogens with zero attached hydrogens (tertiary/aromatic N) is 2. The van der Waals surface area contributed by atoms with E-state index in [1.807, 2.05) is 54.6 Å². The number of aliphatic imine (C=N–C) groups is 1. The first-order chi connectivity index (χ1) is 23.8. The quantitative estimate of drug-likeness (QED) is 0.154. The van der Waals surface area contributed by atoms with Crippen molar-refractivity contribution >= 4 is 31.8 Å². The van der Waals surface area contributed by atoms with Crippen LogP contribution in [0.25, 0.3) is 0 Å². The molecule has 4 aliphatic rings. The molecule has 2 saturated heterocycles. The third kappa shape index (κ3) is 5.68. The van der Waals surface area contributed by atoms with Gasteiger partial charge in [-0.3, -0.25) is 24.3 Å². The van der Waals surface area contributed by atoms with Crippen molar-refractivity contribution in [3.8, 4) is 28.7 Å². The van der Waals surface area contributed by atoms with E-state index < -0.39 is 38.0 Å². The van der Waals surface area contributed by atoms with Crippen LogP contribution in [0.1, 0.15) is 61.4 Å². The van der Waals surface area contributed by atoms with Crippen LogP contribution in [0.5, 0.6) is 28.7 Å². The van der Waals surface area contributed by atoms with Crippen molar-refractivity contribution < 1.29 is 42.5 Å². The second-order valence-electron chi connectivity index (χ2n) is 14.7. The van der Waals surface area contributed by atoms with E-state index in [0.717, 1.165) is 22.3 Å². The van der Waals surface area contributed by atoms with Crippen LogP contribution in [-0.2, 0) is 25.7 Å². The lowest BCUT2D eigenvalue weighted by Gasteiger charge is -2.39. The largest absolute Gasteiger partial charge is 0.539 e. The molecule has 4 atom stereocenters. The molecule has 3 aliphatic heterocycles. The van der Waals surface area contributed by atoms with Gasteiger partial charge in [0.2, 0.25) is 12.7 Å². The van der Waals surface area contributed by atoms with Crippen molar-refractivity contribution in [2.75, 3.05) is 27.6 Å². The van der Waals surface area contributed by atoms with Crippen molar-refractivity contribution in [3.63, 3.8) is 0 Å². The normalized spacial score (nSPS) is 23.5. The van der Waals surface area contributed by atoms with Gasteiger partial charge in [0.1, 0.15) is 5.71 Å². The number of fused-ring (bicyclic) bond motifs is 3. The summed E-state index contributed by atoms with van der Waals surface area (Å²) in [6.45, 7) is 11.1. The van der Waals surface area contributed by atoms with E-state index in [1.54, 1.807) is 14.2 Å². The van der Waals surface area contributed by atoms with E-state index in [4.69, 9.17) is 33.1 Å². The van der Waals surface area contributed by atoms with E-state index in [1.165, 1.54) is 4.90 Å². The molecular formula is C38H42N2O9Si. The summed E-state index contributed by atoms with van der Waals surface area (Å²) < 4.78 is 35.9. The number of ether oxygens (including phenoxy) is 5. The average molecular weight is 699 g/mol. The topological polar surface area (TPSA) is 122 Å². The molecule has 0 N–H and O–H groups in total. The Morgan fingerprint density at radius 2 is 1.54 bits per heavy atom. The molecule has 0 saturated carbocycles. The summed E-state index contributed by atoms with van der Waals surface area (Å²) in [5, 5.41) is -0.0757. The van der Waals surface area contributed by atoms with Crippen LogP contribution in [-0.4, -0.2) is 64.3 Å². The van der Waals surface area contributed by atoms with Crippen LogP contribution in [0.15, 0.2) is 59.6 Å². The summed E-state index contributed by atoms with van der Waals surface area (Å²) in [4.78, 5) is 46.7. The van der Waals surface area contributed by atoms with Gasteiger partial charge in [-0.1, -0.05) is 51.1 Å². The number of methoxy groups -OCH3 is 2. The fourth-order valence-electron chi connectivity index (χ4n) is 7.07.